The summed E-state index contributed by atoms with van der Waals surface area (Å²) < 4.78 is 14.3. The summed E-state index contributed by atoms with van der Waals surface area (Å²) in [4.78, 5) is 23.2. The second-order valence-electron chi connectivity index (χ2n) is 3.35. The van der Waals surface area contributed by atoms with Gasteiger partial charge in [-0.3, -0.25) is 0 Å². The summed E-state index contributed by atoms with van der Waals surface area (Å²) in [6, 6.07) is 3.10. The lowest BCUT2D eigenvalue weighted by atomic mass is 10.0. The van der Waals surface area contributed by atoms with Crippen LogP contribution in [0, 0.1) is 6.92 Å². The van der Waals surface area contributed by atoms with E-state index < -0.39 is 11.9 Å². The van der Waals surface area contributed by atoms with E-state index in [0.29, 0.717) is 11.3 Å². The first-order chi connectivity index (χ1) is 8.04. The monoisotopic (exact) mass is 238 g/mol. The van der Waals surface area contributed by atoms with Gasteiger partial charge in [-0.25, -0.2) is 9.59 Å². The minimum atomic E-state index is -0.604. The van der Waals surface area contributed by atoms with E-state index in [1.807, 2.05) is 0 Å². The Kier molecular flexibility index (Phi) is 4.09. The zero-order chi connectivity index (χ0) is 13.0. The fraction of sp³-hybridized carbons (Fsp3) is 0.333. The Morgan fingerprint density at radius 1 is 1.00 bits per heavy atom. The number of hydrogen-bond donors (Lipinski definition) is 0. The molecule has 0 fully saturated rings. The van der Waals surface area contributed by atoms with Crippen LogP contribution in [0.2, 0.25) is 0 Å². The third-order valence-corrected chi connectivity index (χ3v) is 2.34. The quantitative estimate of drug-likeness (QED) is 0.748. The van der Waals surface area contributed by atoms with Gasteiger partial charge in [-0.2, -0.15) is 0 Å². The minimum absolute atomic E-state index is 0.135. The molecule has 1 rings (SSSR count). The van der Waals surface area contributed by atoms with Crippen molar-refractivity contribution in [3.05, 3.63) is 28.8 Å². The SMILES string of the molecule is COC(=O)c1cc(OC)cc(C)c1C(=O)OC. The van der Waals surface area contributed by atoms with Crippen LogP contribution in [0.25, 0.3) is 0 Å². The van der Waals surface area contributed by atoms with Crippen molar-refractivity contribution in [1.29, 1.82) is 0 Å². The van der Waals surface area contributed by atoms with Gasteiger partial charge in [0.1, 0.15) is 5.75 Å². The Balaban J connectivity index is 3.45. The third kappa shape index (κ3) is 2.55. The van der Waals surface area contributed by atoms with Crippen LogP contribution in [0.3, 0.4) is 0 Å². The fourth-order valence-corrected chi connectivity index (χ4v) is 1.52. The third-order valence-electron chi connectivity index (χ3n) is 2.34. The van der Waals surface area contributed by atoms with Crippen LogP contribution in [0.4, 0.5) is 0 Å². The van der Waals surface area contributed by atoms with Crippen LogP contribution >= 0.6 is 0 Å². The number of benzene rings is 1. The molecule has 0 saturated heterocycles. The zero-order valence-electron chi connectivity index (χ0n) is 10.2. The van der Waals surface area contributed by atoms with Crippen molar-refractivity contribution >= 4 is 11.9 Å². The van der Waals surface area contributed by atoms with Gasteiger partial charge >= 0.3 is 11.9 Å². The Morgan fingerprint density at radius 2 is 1.59 bits per heavy atom. The molecule has 0 aliphatic carbocycles. The number of esters is 2. The molecule has 0 radical (unpaired) electrons. The Morgan fingerprint density at radius 3 is 2.06 bits per heavy atom. The summed E-state index contributed by atoms with van der Waals surface area (Å²) in [5.41, 5.74) is 0.924. The van der Waals surface area contributed by atoms with Gasteiger partial charge in [-0.15, -0.1) is 0 Å². The molecular weight excluding hydrogens is 224 g/mol. The van der Waals surface area contributed by atoms with E-state index in [9.17, 15) is 9.59 Å². The van der Waals surface area contributed by atoms with Crippen molar-refractivity contribution in [2.24, 2.45) is 0 Å². The Labute approximate surface area is 99.3 Å². The molecule has 0 aromatic heterocycles. The number of rotatable bonds is 3. The summed E-state index contributed by atoms with van der Waals surface area (Å²) >= 11 is 0. The number of carbonyl (C=O) groups is 2. The molecule has 0 unspecified atom stereocenters. The van der Waals surface area contributed by atoms with E-state index in [4.69, 9.17) is 4.74 Å². The first kappa shape index (κ1) is 13.0. The molecule has 0 bridgehead atoms. The molecular formula is C12H14O5. The van der Waals surface area contributed by atoms with Crippen LogP contribution in [0.1, 0.15) is 26.3 Å². The van der Waals surface area contributed by atoms with E-state index in [1.54, 1.807) is 13.0 Å². The van der Waals surface area contributed by atoms with Gasteiger partial charge in [0.25, 0.3) is 0 Å². The first-order valence-electron chi connectivity index (χ1n) is 4.90. The first-order valence-corrected chi connectivity index (χ1v) is 4.90. The number of aryl methyl sites for hydroxylation is 1. The maximum atomic E-state index is 11.6. The molecule has 1 aromatic rings. The second-order valence-corrected chi connectivity index (χ2v) is 3.35. The highest BCUT2D eigenvalue weighted by Gasteiger charge is 2.22. The van der Waals surface area contributed by atoms with Gasteiger partial charge in [-0.05, 0) is 24.6 Å². The van der Waals surface area contributed by atoms with Gasteiger partial charge in [0.15, 0.2) is 0 Å². The van der Waals surface area contributed by atoms with Crippen LogP contribution in [-0.4, -0.2) is 33.3 Å². The smallest absolute Gasteiger partial charge is 0.339 e. The van der Waals surface area contributed by atoms with Gasteiger partial charge in [0, 0.05) is 0 Å². The molecule has 0 aliphatic rings. The van der Waals surface area contributed by atoms with Crippen molar-refractivity contribution in [3.63, 3.8) is 0 Å². The molecule has 5 nitrogen and oxygen atoms in total. The summed E-state index contributed by atoms with van der Waals surface area (Å²) in [5.74, 6) is -0.700. The van der Waals surface area contributed by atoms with E-state index in [1.165, 1.54) is 27.4 Å². The molecule has 92 valence electrons. The molecule has 0 spiro atoms. The van der Waals surface area contributed by atoms with Crippen molar-refractivity contribution < 1.29 is 23.8 Å². The number of hydrogen-bond acceptors (Lipinski definition) is 5. The lowest BCUT2D eigenvalue weighted by molar-refractivity contribution is 0.0554. The largest absolute Gasteiger partial charge is 0.497 e. The van der Waals surface area contributed by atoms with Gasteiger partial charge in [0.2, 0.25) is 0 Å². The topological polar surface area (TPSA) is 61.8 Å². The lowest BCUT2D eigenvalue weighted by Gasteiger charge is -2.11. The maximum absolute atomic E-state index is 11.6. The van der Waals surface area contributed by atoms with Gasteiger partial charge in [-0.1, -0.05) is 0 Å². The van der Waals surface area contributed by atoms with E-state index >= 15 is 0 Å². The fourth-order valence-electron chi connectivity index (χ4n) is 1.52. The predicted octanol–water partition coefficient (Wildman–Crippen LogP) is 1.58. The van der Waals surface area contributed by atoms with Crippen molar-refractivity contribution in [2.45, 2.75) is 6.92 Å². The maximum Gasteiger partial charge on any atom is 0.339 e. The second kappa shape index (κ2) is 5.34. The Bertz CT molecular complexity index is 450. The zero-order valence-corrected chi connectivity index (χ0v) is 10.2. The van der Waals surface area contributed by atoms with Crippen LogP contribution < -0.4 is 4.74 Å². The number of ether oxygens (including phenoxy) is 3. The van der Waals surface area contributed by atoms with Crippen molar-refractivity contribution in [3.8, 4) is 5.75 Å². The molecule has 0 saturated carbocycles. The minimum Gasteiger partial charge on any atom is -0.497 e. The normalized spacial score (nSPS) is 9.65. The number of methoxy groups -OCH3 is 3. The molecule has 0 aliphatic heterocycles. The van der Waals surface area contributed by atoms with Crippen molar-refractivity contribution in [2.75, 3.05) is 21.3 Å². The number of carbonyl (C=O) groups excluding carboxylic acids is 2. The Hall–Kier alpha value is -2.04. The van der Waals surface area contributed by atoms with Crippen LogP contribution in [0.15, 0.2) is 12.1 Å². The van der Waals surface area contributed by atoms with Crippen LogP contribution in [-0.2, 0) is 9.47 Å². The molecule has 5 heteroatoms. The highest BCUT2D eigenvalue weighted by Crippen LogP contribution is 2.23. The predicted molar refractivity (Wildman–Crippen MR) is 60.4 cm³/mol. The highest BCUT2D eigenvalue weighted by atomic mass is 16.5. The molecule has 0 heterocycles. The van der Waals surface area contributed by atoms with Crippen molar-refractivity contribution in [1.82, 2.24) is 0 Å². The van der Waals surface area contributed by atoms with E-state index in [-0.39, 0.29) is 11.1 Å². The lowest BCUT2D eigenvalue weighted by Crippen LogP contribution is -2.13. The van der Waals surface area contributed by atoms with E-state index in [0.717, 1.165) is 0 Å². The summed E-state index contributed by atoms with van der Waals surface area (Å²) in [6.45, 7) is 1.70. The average molecular weight is 238 g/mol. The molecule has 0 N–H and O–H groups in total. The molecule has 1 aromatic carbocycles. The summed E-state index contributed by atoms with van der Waals surface area (Å²) in [7, 11) is 3.99. The molecule has 0 atom stereocenters. The summed E-state index contributed by atoms with van der Waals surface area (Å²) in [6.07, 6.45) is 0. The highest BCUT2D eigenvalue weighted by molar-refractivity contribution is 6.04. The van der Waals surface area contributed by atoms with Crippen LogP contribution in [0.5, 0.6) is 5.75 Å². The molecule has 17 heavy (non-hydrogen) atoms. The standard InChI is InChI=1S/C12H14O5/c1-7-5-8(15-2)6-9(11(13)16-3)10(7)12(14)17-4/h5-6H,1-4H3. The molecule has 0 amide bonds. The van der Waals surface area contributed by atoms with E-state index in [2.05, 4.69) is 9.47 Å². The summed E-state index contributed by atoms with van der Waals surface area (Å²) in [5, 5.41) is 0. The van der Waals surface area contributed by atoms with Gasteiger partial charge in [0.05, 0.1) is 32.5 Å². The van der Waals surface area contributed by atoms with Gasteiger partial charge < -0.3 is 14.2 Å². The average Bonchev–Trinajstić information content (AvgIpc) is 2.35.